The maximum Gasteiger partial charge on any atom is 0.404 e. The molecule has 3 N–H and O–H groups in total. The van der Waals surface area contributed by atoms with Gasteiger partial charge in [0.05, 0.1) is 0 Å². The van der Waals surface area contributed by atoms with Crippen LogP contribution in [0.5, 0.6) is 0 Å². The Morgan fingerprint density at radius 2 is 2.18 bits per heavy atom. The van der Waals surface area contributed by atoms with Crippen molar-refractivity contribution in [3.63, 3.8) is 0 Å². The van der Waals surface area contributed by atoms with Crippen molar-refractivity contribution in [2.75, 3.05) is 13.2 Å². The fraction of sp³-hybridized carbons (Fsp3) is 0.857. The number of hydrogen-bond acceptors (Lipinski definition) is 2. The molecule has 0 saturated heterocycles. The van der Waals surface area contributed by atoms with E-state index in [-0.39, 0.29) is 12.0 Å². The third kappa shape index (κ3) is 2.38. The lowest BCUT2D eigenvalue weighted by atomic mass is 10.0. The summed E-state index contributed by atoms with van der Waals surface area (Å²) >= 11 is 0. The van der Waals surface area contributed by atoms with Crippen LogP contribution < -0.4 is 5.32 Å². The van der Waals surface area contributed by atoms with Crippen LogP contribution in [0.1, 0.15) is 19.3 Å². The van der Waals surface area contributed by atoms with Crippen molar-refractivity contribution in [2.24, 2.45) is 5.41 Å². The average Bonchev–Trinajstić information content (AvgIpc) is 2.67. The van der Waals surface area contributed by atoms with E-state index in [2.05, 4.69) is 5.32 Å². The van der Waals surface area contributed by atoms with Crippen molar-refractivity contribution in [1.29, 1.82) is 0 Å². The Balaban J connectivity index is 2.19. The summed E-state index contributed by atoms with van der Waals surface area (Å²) in [6.45, 7) is 0.643. The van der Waals surface area contributed by atoms with E-state index in [0.29, 0.717) is 13.0 Å². The lowest BCUT2D eigenvalue weighted by molar-refractivity contribution is 0.187. The fourth-order valence-electron chi connectivity index (χ4n) is 1.19. The number of carboxylic acid groups (broad SMARTS) is 1. The van der Waals surface area contributed by atoms with E-state index in [0.717, 1.165) is 12.8 Å². The zero-order valence-electron chi connectivity index (χ0n) is 6.34. The van der Waals surface area contributed by atoms with Crippen LogP contribution in [0.15, 0.2) is 0 Å². The number of nitrogens with one attached hydrogen (secondary N) is 1. The van der Waals surface area contributed by atoms with Gasteiger partial charge in [0, 0.05) is 13.2 Å². The molecule has 1 aliphatic rings. The highest BCUT2D eigenvalue weighted by molar-refractivity contribution is 5.64. The van der Waals surface area contributed by atoms with E-state index in [9.17, 15) is 4.79 Å². The van der Waals surface area contributed by atoms with E-state index in [1.807, 2.05) is 0 Å². The van der Waals surface area contributed by atoms with Crippen LogP contribution in [0.25, 0.3) is 0 Å². The third-order valence-corrected chi connectivity index (χ3v) is 2.21. The van der Waals surface area contributed by atoms with Gasteiger partial charge in [0.25, 0.3) is 0 Å². The van der Waals surface area contributed by atoms with Gasteiger partial charge < -0.3 is 15.5 Å². The standard InChI is InChI=1S/C7H13NO3/c9-4-3-7(1-2-7)5-8-6(10)11/h8-9H,1-5H2,(H,10,11). The van der Waals surface area contributed by atoms with Gasteiger partial charge in [0.15, 0.2) is 0 Å². The summed E-state index contributed by atoms with van der Waals surface area (Å²) < 4.78 is 0. The molecule has 0 unspecified atom stereocenters. The highest BCUT2D eigenvalue weighted by Gasteiger charge is 2.41. The molecule has 0 bridgehead atoms. The summed E-state index contributed by atoms with van der Waals surface area (Å²) in [4.78, 5) is 10.1. The zero-order valence-corrected chi connectivity index (χ0v) is 6.34. The molecule has 0 aliphatic heterocycles. The minimum atomic E-state index is -0.978. The molecule has 0 spiro atoms. The van der Waals surface area contributed by atoms with Crippen molar-refractivity contribution >= 4 is 6.09 Å². The van der Waals surface area contributed by atoms with Gasteiger partial charge in [-0.3, -0.25) is 0 Å². The normalized spacial score (nSPS) is 19.4. The molecule has 64 valence electrons. The van der Waals surface area contributed by atoms with Crippen molar-refractivity contribution in [1.82, 2.24) is 5.32 Å². The number of carbonyl (C=O) groups is 1. The van der Waals surface area contributed by atoms with Gasteiger partial charge in [-0.25, -0.2) is 4.79 Å². The molecule has 1 fully saturated rings. The van der Waals surface area contributed by atoms with Gasteiger partial charge in [-0.1, -0.05) is 0 Å². The van der Waals surface area contributed by atoms with Crippen LogP contribution in [-0.2, 0) is 0 Å². The van der Waals surface area contributed by atoms with E-state index >= 15 is 0 Å². The van der Waals surface area contributed by atoms with Crippen LogP contribution in [0.4, 0.5) is 4.79 Å². The molecule has 1 aliphatic carbocycles. The minimum absolute atomic E-state index is 0.0904. The van der Waals surface area contributed by atoms with Crippen LogP contribution in [0.3, 0.4) is 0 Å². The Bertz CT molecular complexity index is 154. The SMILES string of the molecule is O=C(O)NCC1(CCO)CC1. The molecule has 4 heteroatoms. The van der Waals surface area contributed by atoms with Gasteiger partial charge >= 0.3 is 6.09 Å². The molecule has 11 heavy (non-hydrogen) atoms. The quantitative estimate of drug-likeness (QED) is 0.556. The molecule has 0 radical (unpaired) electrons. The number of hydrogen-bond donors (Lipinski definition) is 3. The summed E-state index contributed by atoms with van der Waals surface area (Å²) in [5.74, 6) is 0. The molecule has 0 aromatic heterocycles. The second-order valence-electron chi connectivity index (χ2n) is 3.13. The highest BCUT2D eigenvalue weighted by atomic mass is 16.4. The number of aliphatic hydroxyl groups is 1. The third-order valence-electron chi connectivity index (χ3n) is 2.21. The van der Waals surface area contributed by atoms with Crippen LogP contribution in [0, 0.1) is 5.41 Å². The number of aliphatic hydroxyl groups excluding tert-OH is 1. The topological polar surface area (TPSA) is 69.6 Å². The Labute approximate surface area is 65.2 Å². The predicted octanol–water partition coefficient (Wildman–Crippen LogP) is 0.417. The summed E-state index contributed by atoms with van der Waals surface area (Å²) in [7, 11) is 0. The van der Waals surface area contributed by atoms with Crippen molar-refractivity contribution in [2.45, 2.75) is 19.3 Å². The second-order valence-corrected chi connectivity index (χ2v) is 3.13. The maximum atomic E-state index is 10.1. The molecule has 0 aromatic rings. The molecule has 0 atom stereocenters. The van der Waals surface area contributed by atoms with Crippen molar-refractivity contribution < 1.29 is 15.0 Å². The van der Waals surface area contributed by atoms with E-state index in [1.54, 1.807) is 0 Å². The first-order chi connectivity index (χ1) is 5.18. The van der Waals surface area contributed by atoms with Gasteiger partial charge in [0.2, 0.25) is 0 Å². The fourth-order valence-corrected chi connectivity index (χ4v) is 1.19. The van der Waals surface area contributed by atoms with Crippen molar-refractivity contribution in [3.05, 3.63) is 0 Å². The molecule has 0 aromatic carbocycles. The number of rotatable bonds is 4. The van der Waals surface area contributed by atoms with E-state index in [4.69, 9.17) is 10.2 Å². The van der Waals surface area contributed by atoms with Gasteiger partial charge in [-0.2, -0.15) is 0 Å². The first-order valence-corrected chi connectivity index (χ1v) is 3.76. The molecule has 1 amide bonds. The number of amides is 1. The maximum absolute atomic E-state index is 10.1. The van der Waals surface area contributed by atoms with Crippen LogP contribution >= 0.6 is 0 Å². The van der Waals surface area contributed by atoms with E-state index < -0.39 is 6.09 Å². The van der Waals surface area contributed by atoms with Crippen LogP contribution in [0.2, 0.25) is 0 Å². The smallest absolute Gasteiger partial charge is 0.404 e. The predicted molar refractivity (Wildman–Crippen MR) is 39.4 cm³/mol. The average molecular weight is 159 g/mol. The molecular formula is C7H13NO3. The highest BCUT2D eigenvalue weighted by Crippen LogP contribution is 2.47. The summed E-state index contributed by atoms with van der Waals surface area (Å²) in [6.07, 6.45) is 1.81. The first kappa shape index (κ1) is 8.33. The largest absolute Gasteiger partial charge is 0.465 e. The molecule has 1 rings (SSSR count). The molecule has 4 nitrogen and oxygen atoms in total. The minimum Gasteiger partial charge on any atom is -0.465 e. The van der Waals surface area contributed by atoms with Gasteiger partial charge in [-0.15, -0.1) is 0 Å². The summed E-state index contributed by atoms with van der Waals surface area (Å²) in [6, 6.07) is 0. The van der Waals surface area contributed by atoms with Crippen molar-refractivity contribution in [3.8, 4) is 0 Å². The van der Waals surface area contributed by atoms with Gasteiger partial charge in [-0.05, 0) is 24.7 Å². The summed E-state index contributed by atoms with van der Waals surface area (Å²) in [5.41, 5.74) is 0.0904. The Hall–Kier alpha value is -0.770. The lowest BCUT2D eigenvalue weighted by Crippen LogP contribution is -2.29. The van der Waals surface area contributed by atoms with Gasteiger partial charge in [0.1, 0.15) is 0 Å². The van der Waals surface area contributed by atoms with E-state index in [1.165, 1.54) is 0 Å². The van der Waals surface area contributed by atoms with Crippen LogP contribution in [-0.4, -0.2) is 29.5 Å². The first-order valence-electron chi connectivity index (χ1n) is 3.76. The Morgan fingerprint density at radius 3 is 2.55 bits per heavy atom. The lowest BCUT2D eigenvalue weighted by Gasteiger charge is -2.11. The molecular weight excluding hydrogens is 146 g/mol. The monoisotopic (exact) mass is 159 g/mol. The zero-order chi connectivity index (χ0) is 8.32. The molecule has 1 saturated carbocycles. The Kier molecular flexibility index (Phi) is 2.34. The Morgan fingerprint density at radius 1 is 1.55 bits per heavy atom. The second kappa shape index (κ2) is 3.09. The summed E-state index contributed by atoms with van der Waals surface area (Å²) in [5, 5.41) is 19.3. The molecule has 0 heterocycles.